The van der Waals surface area contributed by atoms with E-state index < -0.39 is 23.6 Å². The van der Waals surface area contributed by atoms with Crippen molar-refractivity contribution in [2.45, 2.75) is 64.8 Å². The Bertz CT molecular complexity index is 1250. The van der Waals surface area contributed by atoms with Crippen LogP contribution >= 0.6 is 0 Å². The maximum Gasteiger partial charge on any atom is 0.319 e. The smallest absolute Gasteiger partial charge is 0.319 e. The van der Waals surface area contributed by atoms with Crippen LogP contribution in [0, 0.1) is 0 Å². The third kappa shape index (κ3) is 6.52. The van der Waals surface area contributed by atoms with Crippen LogP contribution in [0.2, 0.25) is 0 Å². The fourth-order valence-electron chi connectivity index (χ4n) is 4.35. The number of hydrogen-bond donors (Lipinski definition) is 3. The molecule has 2 aliphatic rings. The number of esters is 1. The number of amides is 5. The number of fused-ring (bicyclic) bond motifs is 1. The van der Waals surface area contributed by atoms with E-state index in [1.165, 1.54) is 4.90 Å². The number of anilines is 1. The van der Waals surface area contributed by atoms with Crippen molar-refractivity contribution < 1.29 is 28.7 Å². The molecule has 2 aliphatic heterocycles. The number of nitrogens with zero attached hydrogens (tertiary/aromatic N) is 1. The van der Waals surface area contributed by atoms with Crippen molar-refractivity contribution in [1.29, 1.82) is 0 Å². The molecule has 37 heavy (non-hydrogen) atoms. The van der Waals surface area contributed by atoms with E-state index in [1.54, 1.807) is 36.4 Å². The summed E-state index contributed by atoms with van der Waals surface area (Å²) in [5, 5.41) is 7.82. The lowest BCUT2D eigenvalue weighted by Gasteiger charge is -2.29. The molecule has 0 bridgehead atoms. The fourth-order valence-corrected chi connectivity index (χ4v) is 4.35. The first kappa shape index (κ1) is 25.9. The number of piperidine rings is 1. The zero-order valence-corrected chi connectivity index (χ0v) is 21.1. The molecule has 2 aromatic rings. The lowest BCUT2D eigenvalue weighted by atomic mass is 10.0. The number of imide groups is 1. The van der Waals surface area contributed by atoms with Gasteiger partial charge in [-0.05, 0) is 62.1 Å². The second kappa shape index (κ2) is 10.4. The highest BCUT2D eigenvalue weighted by Gasteiger charge is 2.39. The number of carbonyl (C=O) groups excluding carboxylic acids is 5. The number of ether oxygens (including phenoxy) is 1. The van der Waals surface area contributed by atoms with Crippen LogP contribution in [0.3, 0.4) is 0 Å². The Morgan fingerprint density at radius 2 is 1.76 bits per heavy atom. The molecular formula is C27H30N4O6. The summed E-state index contributed by atoms with van der Waals surface area (Å²) in [4.78, 5) is 62.3. The van der Waals surface area contributed by atoms with Gasteiger partial charge in [0.1, 0.15) is 11.6 Å². The van der Waals surface area contributed by atoms with Crippen molar-refractivity contribution in [3.8, 4) is 0 Å². The van der Waals surface area contributed by atoms with Crippen LogP contribution < -0.4 is 16.0 Å². The molecule has 0 saturated carbocycles. The SMILES string of the molecule is CC(C)(C)OC(=O)Cc1ccc(NC(=O)NCc2ccc3c(c2)CN(C2CCC(=O)NC2=O)C3=O)cc1. The first-order chi connectivity index (χ1) is 17.5. The second-order valence-corrected chi connectivity index (χ2v) is 10.2. The van der Waals surface area contributed by atoms with Gasteiger partial charge >= 0.3 is 12.0 Å². The Morgan fingerprint density at radius 1 is 1.05 bits per heavy atom. The molecule has 0 aromatic heterocycles. The van der Waals surface area contributed by atoms with Gasteiger partial charge in [-0.25, -0.2) is 4.79 Å². The first-order valence-corrected chi connectivity index (χ1v) is 12.1. The molecule has 0 spiro atoms. The summed E-state index contributed by atoms with van der Waals surface area (Å²) >= 11 is 0. The minimum absolute atomic E-state index is 0.144. The molecule has 4 rings (SSSR count). The lowest BCUT2D eigenvalue weighted by molar-refractivity contribution is -0.154. The predicted octanol–water partition coefficient (Wildman–Crippen LogP) is 2.65. The number of benzene rings is 2. The Hall–Kier alpha value is -4.21. The summed E-state index contributed by atoms with van der Waals surface area (Å²) in [6.07, 6.45) is 0.653. The van der Waals surface area contributed by atoms with Crippen LogP contribution in [0.15, 0.2) is 42.5 Å². The van der Waals surface area contributed by atoms with Crippen LogP contribution in [-0.2, 0) is 38.6 Å². The van der Waals surface area contributed by atoms with Crippen LogP contribution in [0.1, 0.15) is 60.7 Å². The number of urea groups is 1. The van der Waals surface area contributed by atoms with E-state index >= 15 is 0 Å². The summed E-state index contributed by atoms with van der Waals surface area (Å²) in [5.74, 6) is -1.33. The summed E-state index contributed by atoms with van der Waals surface area (Å²) < 4.78 is 5.32. The Morgan fingerprint density at radius 3 is 2.43 bits per heavy atom. The molecule has 3 N–H and O–H groups in total. The van der Waals surface area contributed by atoms with Gasteiger partial charge in [0.2, 0.25) is 11.8 Å². The molecule has 10 nitrogen and oxygen atoms in total. The largest absolute Gasteiger partial charge is 0.460 e. The van der Waals surface area contributed by atoms with E-state index in [0.29, 0.717) is 17.7 Å². The van der Waals surface area contributed by atoms with E-state index in [-0.39, 0.29) is 43.7 Å². The average molecular weight is 507 g/mol. The van der Waals surface area contributed by atoms with Gasteiger partial charge in [-0.1, -0.05) is 24.3 Å². The zero-order chi connectivity index (χ0) is 26.7. The monoisotopic (exact) mass is 506 g/mol. The fraction of sp³-hybridized carbons (Fsp3) is 0.370. The minimum Gasteiger partial charge on any atom is -0.460 e. The van der Waals surface area contributed by atoms with Gasteiger partial charge in [-0.2, -0.15) is 0 Å². The van der Waals surface area contributed by atoms with Crippen LogP contribution in [0.25, 0.3) is 0 Å². The molecule has 2 aromatic carbocycles. The van der Waals surface area contributed by atoms with Crippen LogP contribution in [0.5, 0.6) is 0 Å². The van der Waals surface area contributed by atoms with Crippen molar-refractivity contribution in [3.63, 3.8) is 0 Å². The summed E-state index contributed by atoms with van der Waals surface area (Å²) in [5.41, 5.74) is 2.90. The normalized spacial score (nSPS) is 17.2. The highest BCUT2D eigenvalue weighted by Crippen LogP contribution is 2.28. The van der Waals surface area contributed by atoms with Gasteiger partial charge in [0.15, 0.2) is 0 Å². The molecule has 10 heteroatoms. The molecule has 1 saturated heterocycles. The number of rotatable bonds is 6. The lowest BCUT2D eigenvalue weighted by Crippen LogP contribution is -2.52. The average Bonchev–Trinajstić information content (AvgIpc) is 3.13. The van der Waals surface area contributed by atoms with Gasteiger partial charge in [-0.3, -0.25) is 24.5 Å². The third-order valence-electron chi connectivity index (χ3n) is 6.02. The van der Waals surface area contributed by atoms with Gasteiger partial charge in [0.05, 0.1) is 6.42 Å². The molecule has 1 unspecified atom stereocenters. The number of carbonyl (C=O) groups is 5. The zero-order valence-electron chi connectivity index (χ0n) is 21.1. The third-order valence-corrected chi connectivity index (χ3v) is 6.02. The van der Waals surface area contributed by atoms with E-state index in [0.717, 1.165) is 16.7 Å². The summed E-state index contributed by atoms with van der Waals surface area (Å²) in [7, 11) is 0. The molecule has 0 aliphatic carbocycles. The number of nitrogens with one attached hydrogen (secondary N) is 3. The minimum atomic E-state index is -0.666. The highest BCUT2D eigenvalue weighted by atomic mass is 16.6. The van der Waals surface area contributed by atoms with E-state index in [9.17, 15) is 24.0 Å². The van der Waals surface area contributed by atoms with Crippen LogP contribution in [0.4, 0.5) is 10.5 Å². The Kier molecular flexibility index (Phi) is 7.28. The molecule has 2 heterocycles. The Labute approximate surface area is 214 Å². The quantitative estimate of drug-likeness (QED) is 0.407. The van der Waals surface area contributed by atoms with Crippen molar-refractivity contribution in [2.75, 3.05) is 5.32 Å². The van der Waals surface area contributed by atoms with Crippen molar-refractivity contribution in [3.05, 3.63) is 64.7 Å². The standard InChI is InChI=1S/C27H30N4O6/c1-27(2,3)37-23(33)13-16-4-7-19(8-5-16)29-26(36)28-14-17-6-9-20-18(12-17)15-31(25(20)35)21-10-11-22(32)30-24(21)34/h4-9,12,21H,10-11,13-15H2,1-3H3,(H2,28,29,36)(H,30,32,34). The number of hydrogen-bond acceptors (Lipinski definition) is 6. The topological polar surface area (TPSA) is 134 Å². The molecule has 0 radical (unpaired) electrons. The first-order valence-electron chi connectivity index (χ1n) is 12.1. The van der Waals surface area contributed by atoms with Crippen LogP contribution in [-0.4, -0.2) is 46.3 Å². The van der Waals surface area contributed by atoms with Gasteiger partial charge in [-0.15, -0.1) is 0 Å². The van der Waals surface area contributed by atoms with Gasteiger partial charge in [0, 0.05) is 30.8 Å². The van der Waals surface area contributed by atoms with Gasteiger partial charge < -0.3 is 20.3 Å². The Balaban J connectivity index is 1.28. The van der Waals surface area contributed by atoms with E-state index in [4.69, 9.17) is 4.74 Å². The predicted molar refractivity (Wildman–Crippen MR) is 134 cm³/mol. The maximum atomic E-state index is 12.8. The van der Waals surface area contributed by atoms with E-state index in [2.05, 4.69) is 16.0 Å². The maximum absolute atomic E-state index is 12.8. The van der Waals surface area contributed by atoms with Gasteiger partial charge in [0.25, 0.3) is 5.91 Å². The molecular weight excluding hydrogens is 476 g/mol. The van der Waals surface area contributed by atoms with Crippen molar-refractivity contribution in [2.24, 2.45) is 0 Å². The summed E-state index contributed by atoms with van der Waals surface area (Å²) in [6, 6.07) is 11.2. The second-order valence-electron chi connectivity index (χ2n) is 10.2. The highest BCUT2D eigenvalue weighted by molar-refractivity contribution is 6.05. The molecule has 1 fully saturated rings. The molecule has 194 valence electrons. The van der Waals surface area contributed by atoms with Crippen molar-refractivity contribution in [1.82, 2.24) is 15.5 Å². The molecule has 1 atom stereocenters. The molecule has 5 amide bonds. The summed E-state index contributed by atoms with van der Waals surface area (Å²) in [6.45, 7) is 5.96. The van der Waals surface area contributed by atoms with Crippen molar-refractivity contribution >= 4 is 35.4 Å². The van der Waals surface area contributed by atoms with E-state index in [1.807, 2.05) is 26.8 Å².